The highest BCUT2D eigenvalue weighted by Crippen LogP contribution is 2.30. The minimum atomic E-state index is -2.89. The maximum atomic E-state index is 13.3. The molecule has 1 fully saturated rings. The summed E-state index contributed by atoms with van der Waals surface area (Å²) in [4.78, 5) is 27.2. The molecule has 0 aliphatic carbocycles. The quantitative estimate of drug-likeness (QED) is 0.632. The summed E-state index contributed by atoms with van der Waals surface area (Å²) in [5, 5.41) is 7.79. The van der Waals surface area contributed by atoms with Gasteiger partial charge in [-0.15, -0.1) is 0 Å². The van der Waals surface area contributed by atoms with Crippen molar-refractivity contribution in [2.24, 2.45) is 5.41 Å². The van der Waals surface area contributed by atoms with Gasteiger partial charge in [0.1, 0.15) is 11.9 Å². The Labute approximate surface area is 189 Å². The number of hydrogen-bond acceptors (Lipinski definition) is 3. The Morgan fingerprint density at radius 3 is 2.33 bits per heavy atom. The highest BCUT2D eigenvalue weighted by molar-refractivity contribution is 6.06. The fourth-order valence-corrected chi connectivity index (χ4v) is 3.88. The SMILES string of the molecule is CC(C)(C)[C@H](NC(=O)c1nn(Cc2ccc(F)cc2)c2ccccc12)C(=O)N1CC(F)(F)C1. The number of rotatable bonds is 5. The summed E-state index contributed by atoms with van der Waals surface area (Å²) in [6, 6.07) is 12.2. The van der Waals surface area contributed by atoms with E-state index in [2.05, 4.69) is 10.4 Å². The van der Waals surface area contributed by atoms with Crippen molar-refractivity contribution in [1.82, 2.24) is 20.0 Å². The third kappa shape index (κ3) is 4.72. The number of halogens is 3. The van der Waals surface area contributed by atoms with E-state index in [9.17, 15) is 22.8 Å². The van der Waals surface area contributed by atoms with Gasteiger partial charge in [-0.25, -0.2) is 13.2 Å². The van der Waals surface area contributed by atoms with Crippen molar-refractivity contribution in [2.45, 2.75) is 39.3 Å². The second-order valence-electron chi connectivity index (χ2n) is 9.47. The molecule has 33 heavy (non-hydrogen) atoms. The maximum absolute atomic E-state index is 13.3. The Morgan fingerprint density at radius 2 is 1.73 bits per heavy atom. The molecule has 1 aromatic heterocycles. The van der Waals surface area contributed by atoms with Crippen LogP contribution in [0.5, 0.6) is 0 Å². The molecule has 2 amide bonds. The monoisotopic (exact) mass is 458 g/mol. The molecule has 1 saturated heterocycles. The fraction of sp³-hybridized carbons (Fsp3) is 0.375. The number of hydrogen-bond donors (Lipinski definition) is 1. The Morgan fingerprint density at radius 1 is 1.09 bits per heavy atom. The fourth-order valence-electron chi connectivity index (χ4n) is 3.88. The Bertz CT molecular complexity index is 1190. The van der Waals surface area contributed by atoms with Crippen LogP contribution in [0.1, 0.15) is 36.8 Å². The van der Waals surface area contributed by atoms with E-state index in [-0.39, 0.29) is 11.5 Å². The van der Waals surface area contributed by atoms with E-state index in [0.29, 0.717) is 17.4 Å². The number of amides is 2. The number of aromatic nitrogens is 2. The normalized spacial score (nSPS) is 16.4. The summed E-state index contributed by atoms with van der Waals surface area (Å²) >= 11 is 0. The van der Waals surface area contributed by atoms with E-state index in [1.54, 1.807) is 49.7 Å². The number of carbonyl (C=O) groups is 2. The van der Waals surface area contributed by atoms with Gasteiger partial charge in [0.15, 0.2) is 5.69 Å². The Kier molecular flexibility index (Phi) is 5.67. The molecule has 1 N–H and O–H groups in total. The van der Waals surface area contributed by atoms with Gasteiger partial charge in [-0.2, -0.15) is 5.10 Å². The Balaban J connectivity index is 1.61. The number of likely N-dealkylation sites (tertiary alicyclic amines) is 1. The van der Waals surface area contributed by atoms with Crippen molar-refractivity contribution in [2.75, 3.05) is 13.1 Å². The summed E-state index contributed by atoms with van der Waals surface area (Å²) in [7, 11) is 0. The van der Waals surface area contributed by atoms with E-state index in [1.807, 2.05) is 12.1 Å². The zero-order valence-corrected chi connectivity index (χ0v) is 18.6. The molecule has 0 bridgehead atoms. The number of para-hydroxylation sites is 1. The van der Waals surface area contributed by atoms with Crippen LogP contribution in [-0.4, -0.2) is 51.5 Å². The maximum Gasteiger partial charge on any atom is 0.282 e. The standard InChI is InChI=1S/C24H25F3N4O2/c1-23(2,3)20(22(33)30-13-24(26,27)14-30)28-21(32)19-17-6-4-5-7-18(17)31(29-19)12-15-8-10-16(25)11-9-15/h4-11,20H,12-14H2,1-3H3,(H,28,32)/t20-/m1/s1. The highest BCUT2D eigenvalue weighted by Gasteiger charge is 2.49. The average molecular weight is 458 g/mol. The first-order valence-electron chi connectivity index (χ1n) is 10.6. The lowest BCUT2D eigenvalue weighted by Gasteiger charge is -2.43. The number of benzene rings is 2. The first kappa shape index (κ1) is 22.8. The molecule has 0 radical (unpaired) electrons. The number of nitrogens with one attached hydrogen (secondary N) is 1. The molecule has 4 rings (SSSR count). The van der Waals surface area contributed by atoms with Crippen molar-refractivity contribution in [3.8, 4) is 0 Å². The predicted molar refractivity (Wildman–Crippen MR) is 117 cm³/mol. The Hall–Kier alpha value is -3.36. The first-order chi connectivity index (χ1) is 15.4. The highest BCUT2D eigenvalue weighted by atomic mass is 19.3. The molecular formula is C24H25F3N4O2. The van der Waals surface area contributed by atoms with Crippen molar-refractivity contribution in [3.63, 3.8) is 0 Å². The molecule has 0 saturated carbocycles. The van der Waals surface area contributed by atoms with Crippen LogP contribution >= 0.6 is 0 Å². The van der Waals surface area contributed by atoms with E-state index in [0.717, 1.165) is 10.5 Å². The molecular weight excluding hydrogens is 433 g/mol. The lowest BCUT2D eigenvalue weighted by atomic mass is 9.85. The van der Waals surface area contributed by atoms with E-state index in [4.69, 9.17) is 0 Å². The minimum absolute atomic E-state index is 0.128. The topological polar surface area (TPSA) is 67.2 Å². The van der Waals surface area contributed by atoms with Gasteiger partial charge in [0.05, 0.1) is 25.2 Å². The van der Waals surface area contributed by atoms with Crippen molar-refractivity contribution >= 4 is 22.7 Å². The molecule has 1 atom stereocenters. The first-order valence-corrected chi connectivity index (χ1v) is 10.6. The molecule has 3 aromatic rings. The van der Waals surface area contributed by atoms with Gasteiger partial charge in [0.2, 0.25) is 5.91 Å². The second-order valence-corrected chi connectivity index (χ2v) is 9.47. The molecule has 2 aromatic carbocycles. The number of alkyl halides is 2. The summed E-state index contributed by atoms with van der Waals surface area (Å²) in [5.74, 6) is -4.35. The van der Waals surface area contributed by atoms with Gasteiger partial charge in [0.25, 0.3) is 11.8 Å². The smallest absolute Gasteiger partial charge is 0.282 e. The van der Waals surface area contributed by atoms with Crippen LogP contribution in [0.15, 0.2) is 48.5 Å². The average Bonchev–Trinajstić information content (AvgIpc) is 3.09. The molecule has 0 unspecified atom stereocenters. The summed E-state index contributed by atoms with van der Waals surface area (Å²) in [5.41, 5.74) is 0.930. The number of nitrogens with zero attached hydrogens (tertiary/aromatic N) is 3. The van der Waals surface area contributed by atoms with Crippen molar-refractivity contribution in [1.29, 1.82) is 0 Å². The van der Waals surface area contributed by atoms with Gasteiger partial charge in [-0.05, 0) is 29.2 Å². The zero-order valence-electron chi connectivity index (χ0n) is 18.6. The lowest BCUT2D eigenvalue weighted by Crippen LogP contribution is -2.64. The number of carbonyl (C=O) groups excluding carboxylic acids is 2. The van der Waals surface area contributed by atoms with Crippen LogP contribution in [0, 0.1) is 11.2 Å². The molecule has 6 nitrogen and oxygen atoms in total. The van der Waals surface area contributed by atoms with Crippen LogP contribution < -0.4 is 5.32 Å². The predicted octanol–water partition coefficient (Wildman–Crippen LogP) is 3.85. The van der Waals surface area contributed by atoms with Crippen LogP contribution in [0.25, 0.3) is 10.9 Å². The zero-order chi connectivity index (χ0) is 24.0. The molecule has 1 aliphatic heterocycles. The summed E-state index contributed by atoms with van der Waals surface area (Å²) in [6.45, 7) is 4.31. The molecule has 0 spiro atoms. The van der Waals surface area contributed by atoms with Gasteiger partial charge in [-0.3, -0.25) is 14.3 Å². The lowest BCUT2D eigenvalue weighted by molar-refractivity contribution is -0.169. The van der Waals surface area contributed by atoms with E-state index in [1.165, 1.54) is 12.1 Å². The molecule has 1 aliphatic rings. The van der Waals surface area contributed by atoms with E-state index >= 15 is 0 Å². The van der Waals surface area contributed by atoms with Gasteiger partial charge >= 0.3 is 0 Å². The third-order valence-electron chi connectivity index (χ3n) is 5.66. The van der Waals surface area contributed by atoms with E-state index < -0.39 is 42.3 Å². The molecule has 174 valence electrons. The van der Waals surface area contributed by atoms with Crippen LogP contribution in [0.3, 0.4) is 0 Å². The summed E-state index contributed by atoms with van der Waals surface area (Å²) in [6.07, 6.45) is 0. The van der Waals surface area contributed by atoms with Crippen LogP contribution in [-0.2, 0) is 11.3 Å². The summed E-state index contributed by atoms with van der Waals surface area (Å²) < 4.78 is 41.5. The van der Waals surface area contributed by atoms with Gasteiger partial charge < -0.3 is 10.2 Å². The van der Waals surface area contributed by atoms with Crippen LogP contribution in [0.4, 0.5) is 13.2 Å². The van der Waals surface area contributed by atoms with Crippen molar-refractivity contribution < 1.29 is 22.8 Å². The molecule has 2 heterocycles. The third-order valence-corrected chi connectivity index (χ3v) is 5.66. The molecule has 9 heteroatoms. The second kappa shape index (κ2) is 8.20. The minimum Gasteiger partial charge on any atom is -0.338 e. The van der Waals surface area contributed by atoms with Crippen LogP contribution in [0.2, 0.25) is 0 Å². The number of fused-ring (bicyclic) bond motifs is 1. The largest absolute Gasteiger partial charge is 0.338 e. The van der Waals surface area contributed by atoms with Crippen molar-refractivity contribution in [3.05, 3.63) is 65.6 Å². The van der Waals surface area contributed by atoms with Gasteiger partial charge in [0, 0.05) is 5.39 Å². The van der Waals surface area contributed by atoms with Gasteiger partial charge in [-0.1, -0.05) is 51.1 Å².